The SMILES string of the molecule is c1ccc(-c2cc(-c3cccc(-c4ccc5nc(-c6ccccc6)c6c(ccc7c6c6ccccc6n7-c6ccccc6)c5c4)c3)nc(-c3ccccc3)n2)cc1. The first kappa shape index (κ1) is 32.7. The van der Waals surface area contributed by atoms with Gasteiger partial charge >= 0.3 is 0 Å². The third kappa shape index (κ3) is 5.66. The molecule has 3 heterocycles. The van der Waals surface area contributed by atoms with Crippen molar-refractivity contribution >= 4 is 43.5 Å². The smallest absolute Gasteiger partial charge is 0.160 e. The van der Waals surface area contributed by atoms with Gasteiger partial charge in [-0.25, -0.2) is 15.0 Å². The molecule has 0 spiro atoms. The van der Waals surface area contributed by atoms with E-state index in [1.54, 1.807) is 0 Å². The quantitative estimate of drug-likeness (QED) is 0.160. The van der Waals surface area contributed by atoms with Crippen molar-refractivity contribution in [2.75, 3.05) is 0 Å². The highest BCUT2D eigenvalue weighted by Gasteiger charge is 2.20. The van der Waals surface area contributed by atoms with Crippen molar-refractivity contribution in [2.45, 2.75) is 0 Å². The minimum atomic E-state index is 0.703. The average molecular weight is 727 g/mol. The van der Waals surface area contributed by atoms with Crippen LogP contribution in [-0.2, 0) is 0 Å². The van der Waals surface area contributed by atoms with E-state index >= 15 is 0 Å². The molecule has 0 saturated carbocycles. The summed E-state index contributed by atoms with van der Waals surface area (Å²) in [5, 5.41) is 5.87. The lowest BCUT2D eigenvalue weighted by atomic mass is 9.94. The summed E-state index contributed by atoms with van der Waals surface area (Å²) in [6.45, 7) is 0. The van der Waals surface area contributed by atoms with Gasteiger partial charge < -0.3 is 4.57 Å². The summed E-state index contributed by atoms with van der Waals surface area (Å²) < 4.78 is 2.38. The zero-order chi connectivity index (χ0) is 37.7. The zero-order valence-electron chi connectivity index (χ0n) is 30.9. The van der Waals surface area contributed by atoms with E-state index in [-0.39, 0.29) is 0 Å². The van der Waals surface area contributed by atoms with Crippen molar-refractivity contribution in [1.29, 1.82) is 0 Å². The molecule has 8 aromatic carbocycles. The lowest BCUT2D eigenvalue weighted by Gasteiger charge is -2.14. The fraction of sp³-hybridized carbons (Fsp3) is 0. The van der Waals surface area contributed by atoms with Crippen LogP contribution in [0.4, 0.5) is 0 Å². The van der Waals surface area contributed by atoms with E-state index < -0.39 is 0 Å². The van der Waals surface area contributed by atoms with E-state index in [2.05, 4.69) is 174 Å². The highest BCUT2D eigenvalue weighted by Crippen LogP contribution is 2.43. The Balaban J connectivity index is 1.12. The number of rotatable bonds is 6. The molecule has 0 aliphatic rings. The molecule has 0 amide bonds. The zero-order valence-corrected chi connectivity index (χ0v) is 30.9. The molecular formula is C53H34N4. The number of para-hydroxylation sites is 2. The van der Waals surface area contributed by atoms with Crippen LogP contribution in [-0.4, -0.2) is 19.5 Å². The maximum atomic E-state index is 5.46. The first-order valence-electron chi connectivity index (χ1n) is 19.3. The maximum Gasteiger partial charge on any atom is 0.160 e. The Morgan fingerprint density at radius 3 is 1.67 bits per heavy atom. The minimum Gasteiger partial charge on any atom is -0.309 e. The number of hydrogen-bond acceptors (Lipinski definition) is 3. The number of hydrogen-bond donors (Lipinski definition) is 0. The van der Waals surface area contributed by atoms with Crippen LogP contribution in [0.2, 0.25) is 0 Å². The van der Waals surface area contributed by atoms with Gasteiger partial charge in [-0.2, -0.15) is 0 Å². The summed E-state index contributed by atoms with van der Waals surface area (Å²) in [5.74, 6) is 0.703. The van der Waals surface area contributed by atoms with Crippen molar-refractivity contribution < 1.29 is 0 Å². The molecule has 0 fully saturated rings. The first-order valence-corrected chi connectivity index (χ1v) is 19.3. The highest BCUT2D eigenvalue weighted by atomic mass is 15.0. The van der Waals surface area contributed by atoms with E-state index in [1.165, 1.54) is 21.7 Å². The summed E-state index contributed by atoms with van der Waals surface area (Å²) in [5.41, 5.74) is 13.6. The Kier molecular flexibility index (Phi) is 7.78. The van der Waals surface area contributed by atoms with Crippen LogP contribution >= 0.6 is 0 Å². The molecule has 0 atom stereocenters. The van der Waals surface area contributed by atoms with Crippen molar-refractivity contribution in [3.05, 3.63) is 206 Å². The van der Waals surface area contributed by atoms with Gasteiger partial charge in [-0.3, -0.25) is 0 Å². The Morgan fingerprint density at radius 1 is 0.316 bits per heavy atom. The average Bonchev–Trinajstić information content (AvgIpc) is 3.64. The van der Waals surface area contributed by atoms with Gasteiger partial charge in [-0.1, -0.05) is 158 Å². The lowest BCUT2D eigenvalue weighted by molar-refractivity contribution is 1.18. The van der Waals surface area contributed by atoms with E-state index in [0.717, 1.165) is 78.0 Å². The maximum absolute atomic E-state index is 5.46. The van der Waals surface area contributed by atoms with Crippen LogP contribution in [0.15, 0.2) is 206 Å². The van der Waals surface area contributed by atoms with E-state index in [4.69, 9.17) is 15.0 Å². The molecule has 0 unspecified atom stereocenters. The number of nitrogens with zero attached hydrogens (tertiary/aromatic N) is 4. The number of aromatic nitrogens is 4. The fourth-order valence-corrected chi connectivity index (χ4v) is 8.32. The summed E-state index contributed by atoms with van der Waals surface area (Å²) in [6.07, 6.45) is 0. The predicted octanol–water partition coefficient (Wildman–Crippen LogP) is 13.6. The molecular weight excluding hydrogens is 693 g/mol. The molecule has 0 bridgehead atoms. The molecule has 4 nitrogen and oxygen atoms in total. The second-order valence-electron chi connectivity index (χ2n) is 14.4. The number of benzene rings is 8. The molecule has 0 N–H and O–H groups in total. The second kappa shape index (κ2) is 13.6. The molecule has 0 saturated heterocycles. The van der Waals surface area contributed by atoms with Gasteiger partial charge in [0.25, 0.3) is 0 Å². The summed E-state index contributed by atoms with van der Waals surface area (Å²) in [4.78, 5) is 15.6. The van der Waals surface area contributed by atoms with Crippen LogP contribution in [0.1, 0.15) is 0 Å². The van der Waals surface area contributed by atoms with Gasteiger partial charge in [0.1, 0.15) is 0 Å². The highest BCUT2D eigenvalue weighted by molar-refractivity contribution is 6.28. The fourth-order valence-electron chi connectivity index (χ4n) is 8.32. The Hall–Kier alpha value is -7.69. The largest absolute Gasteiger partial charge is 0.309 e. The number of fused-ring (bicyclic) bond motifs is 7. The predicted molar refractivity (Wildman–Crippen MR) is 236 cm³/mol. The summed E-state index contributed by atoms with van der Waals surface area (Å²) in [6, 6.07) is 72.5. The van der Waals surface area contributed by atoms with Crippen LogP contribution in [0.5, 0.6) is 0 Å². The molecule has 11 aromatic rings. The van der Waals surface area contributed by atoms with E-state index in [0.29, 0.717) is 5.82 Å². The van der Waals surface area contributed by atoms with Crippen molar-refractivity contribution in [2.24, 2.45) is 0 Å². The van der Waals surface area contributed by atoms with Gasteiger partial charge in [-0.05, 0) is 65.0 Å². The second-order valence-corrected chi connectivity index (χ2v) is 14.4. The third-order valence-electron chi connectivity index (χ3n) is 11.0. The van der Waals surface area contributed by atoms with Crippen molar-refractivity contribution in [3.63, 3.8) is 0 Å². The Morgan fingerprint density at radius 2 is 0.912 bits per heavy atom. The van der Waals surface area contributed by atoms with Crippen LogP contribution in [0.25, 0.3) is 105 Å². The molecule has 266 valence electrons. The van der Waals surface area contributed by atoms with Gasteiger partial charge in [0.05, 0.1) is 33.6 Å². The topological polar surface area (TPSA) is 43.6 Å². The first-order chi connectivity index (χ1) is 28.3. The minimum absolute atomic E-state index is 0.703. The standard InChI is InChI=1S/C53H34N4/c1-5-16-35(17-6-1)46-34-47(56-53(55-46)37-20-9-3-10-21-37)40-23-15-22-38(32-40)39-28-30-45-44(33-39)42-29-31-49-50(51(42)52(54-45)36-18-7-2-8-19-36)43-26-13-14-27-48(43)57(49)41-24-11-4-12-25-41/h1-34H. The lowest BCUT2D eigenvalue weighted by Crippen LogP contribution is -1.96. The van der Waals surface area contributed by atoms with Crippen LogP contribution in [0, 0.1) is 0 Å². The molecule has 57 heavy (non-hydrogen) atoms. The van der Waals surface area contributed by atoms with Gasteiger partial charge in [0.15, 0.2) is 5.82 Å². The molecule has 11 rings (SSSR count). The monoisotopic (exact) mass is 726 g/mol. The third-order valence-corrected chi connectivity index (χ3v) is 11.0. The molecule has 4 heteroatoms. The van der Waals surface area contributed by atoms with Crippen molar-refractivity contribution in [1.82, 2.24) is 19.5 Å². The Labute approximate surface area is 330 Å². The van der Waals surface area contributed by atoms with E-state index in [1.807, 2.05) is 36.4 Å². The Bertz CT molecular complexity index is 3210. The number of pyridine rings is 1. The molecule has 0 radical (unpaired) electrons. The van der Waals surface area contributed by atoms with Crippen molar-refractivity contribution in [3.8, 4) is 62.0 Å². The molecule has 0 aliphatic heterocycles. The summed E-state index contributed by atoms with van der Waals surface area (Å²) >= 11 is 0. The summed E-state index contributed by atoms with van der Waals surface area (Å²) in [7, 11) is 0. The normalized spacial score (nSPS) is 11.5. The van der Waals surface area contributed by atoms with Gasteiger partial charge in [0.2, 0.25) is 0 Å². The van der Waals surface area contributed by atoms with E-state index in [9.17, 15) is 0 Å². The molecule has 3 aromatic heterocycles. The molecule has 0 aliphatic carbocycles. The van der Waals surface area contributed by atoms with Gasteiger partial charge in [0, 0.05) is 49.5 Å². The van der Waals surface area contributed by atoms with Gasteiger partial charge in [-0.15, -0.1) is 0 Å². The van der Waals surface area contributed by atoms with Crippen LogP contribution in [0.3, 0.4) is 0 Å². The van der Waals surface area contributed by atoms with Crippen LogP contribution < -0.4 is 0 Å².